The van der Waals surface area contributed by atoms with E-state index in [1.807, 2.05) is 6.92 Å². The standard InChI is InChI=1S/C15H27NO3/c1-2-18-15(17)12-13(14-8-7-11-19-14)16-9-5-3-4-6-10-16/h13-14H,2-12H2,1H3. The topological polar surface area (TPSA) is 38.8 Å². The molecular weight excluding hydrogens is 242 g/mol. The Morgan fingerprint density at radius 3 is 2.58 bits per heavy atom. The molecule has 2 heterocycles. The number of carbonyl (C=O) groups is 1. The van der Waals surface area contributed by atoms with Crippen LogP contribution < -0.4 is 0 Å². The number of hydrogen-bond donors (Lipinski definition) is 0. The Kier molecular flexibility index (Phi) is 6.11. The lowest BCUT2D eigenvalue weighted by atomic mass is 10.0. The Morgan fingerprint density at radius 1 is 1.26 bits per heavy atom. The van der Waals surface area contributed by atoms with Crippen molar-refractivity contribution in [1.29, 1.82) is 0 Å². The van der Waals surface area contributed by atoms with E-state index in [1.54, 1.807) is 0 Å². The first-order chi connectivity index (χ1) is 9.31. The number of nitrogens with zero attached hydrogens (tertiary/aromatic N) is 1. The van der Waals surface area contributed by atoms with Crippen LogP contribution >= 0.6 is 0 Å². The van der Waals surface area contributed by atoms with Gasteiger partial charge in [-0.05, 0) is 45.7 Å². The maximum atomic E-state index is 11.8. The van der Waals surface area contributed by atoms with E-state index in [0.29, 0.717) is 13.0 Å². The average Bonchev–Trinajstić information content (AvgIpc) is 2.79. The Bertz CT molecular complexity index is 269. The third-order valence-corrected chi connectivity index (χ3v) is 4.18. The third kappa shape index (κ3) is 4.46. The molecule has 0 aromatic carbocycles. The van der Waals surface area contributed by atoms with E-state index in [2.05, 4.69) is 4.90 Å². The van der Waals surface area contributed by atoms with Crippen molar-refractivity contribution in [1.82, 2.24) is 4.90 Å². The van der Waals surface area contributed by atoms with Gasteiger partial charge < -0.3 is 9.47 Å². The van der Waals surface area contributed by atoms with Gasteiger partial charge in [0.2, 0.25) is 0 Å². The van der Waals surface area contributed by atoms with Crippen LogP contribution in [0.2, 0.25) is 0 Å². The summed E-state index contributed by atoms with van der Waals surface area (Å²) in [5, 5.41) is 0. The van der Waals surface area contributed by atoms with Crippen molar-refractivity contribution in [3.63, 3.8) is 0 Å². The van der Waals surface area contributed by atoms with Crippen LogP contribution in [0.25, 0.3) is 0 Å². The molecule has 2 saturated heterocycles. The molecule has 4 heteroatoms. The van der Waals surface area contributed by atoms with Gasteiger partial charge in [0, 0.05) is 12.6 Å². The minimum absolute atomic E-state index is 0.0766. The van der Waals surface area contributed by atoms with Crippen molar-refractivity contribution in [3.05, 3.63) is 0 Å². The van der Waals surface area contributed by atoms with Gasteiger partial charge in [0.1, 0.15) is 0 Å². The molecule has 0 saturated carbocycles. The van der Waals surface area contributed by atoms with Crippen LogP contribution in [0, 0.1) is 0 Å². The first kappa shape index (κ1) is 14.8. The van der Waals surface area contributed by atoms with E-state index in [9.17, 15) is 4.79 Å². The summed E-state index contributed by atoms with van der Waals surface area (Å²) in [6.45, 7) is 5.38. The van der Waals surface area contributed by atoms with E-state index in [0.717, 1.165) is 32.5 Å². The molecule has 2 aliphatic rings. The highest BCUT2D eigenvalue weighted by molar-refractivity contribution is 5.70. The van der Waals surface area contributed by atoms with Crippen LogP contribution in [-0.4, -0.2) is 49.3 Å². The summed E-state index contributed by atoms with van der Waals surface area (Å²) in [7, 11) is 0. The molecule has 0 spiro atoms. The molecule has 4 nitrogen and oxygen atoms in total. The number of rotatable bonds is 5. The Morgan fingerprint density at radius 2 is 2.00 bits per heavy atom. The maximum absolute atomic E-state index is 11.8. The van der Waals surface area contributed by atoms with Crippen LogP contribution in [0.15, 0.2) is 0 Å². The lowest BCUT2D eigenvalue weighted by molar-refractivity contribution is -0.146. The fraction of sp³-hybridized carbons (Fsp3) is 0.933. The summed E-state index contributed by atoms with van der Waals surface area (Å²) in [5.74, 6) is -0.0766. The lowest BCUT2D eigenvalue weighted by Crippen LogP contribution is -2.45. The normalized spacial score (nSPS) is 26.9. The average molecular weight is 269 g/mol. The van der Waals surface area contributed by atoms with Gasteiger partial charge in [0.05, 0.1) is 19.1 Å². The van der Waals surface area contributed by atoms with Crippen molar-refractivity contribution < 1.29 is 14.3 Å². The third-order valence-electron chi connectivity index (χ3n) is 4.18. The fourth-order valence-electron chi connectivity index (χ4n) is 3.22. The Hall–Kier alpha value is -0.610. The van der Waals surface area contributed by atoms with E-state index in [1.165, 1.54) is 25.7 Å². The lowest BCUT2D eigenvalue weighted by Gasteiger charge is -2.33. The quantitative estimate of drug-likeness (QED) is 0.718. The Labute approximate surface area is 116 Å². The zero-order valence-corrected chi connectivity index (χ0v) is 12.1. The summed E-state index contributed by atoms with van der Waals surface area (Å²) in [6, 6.07) is 0.222. The van der Waals surface area contributed by atoms with Gasteiger partial charge in [0.15, 0.2) is 0 Å². The Balaban J connectivity index is 1.97. The molecule has 0 bridgehead atoms. The van der Waals surface area contributed by atoms with Crippen molar-refractivity contribution >= 4 is 5.97 Å². The first-order valence-corrected chi connectivity index (χ1v) is 7.82. The van der Waals surface area contributed by atoms with E-state index >= 15 is 0 Å². The summed E-state index contributed by atoms with van der Waals surface area (Å²) in [4.78, 5) is 14.3. The molecule has 2 fully saturated rings. The van der Waals surface area contributed by atoms with Gasteiger partial charge in [-0.3, -0.25) is 9.69 Å². The molecule has 0 amide bonds. The highest BCUT2D eigenvalue weighted by Gasteiger charge is 2.33. The van der Waals surface area contributed by atoms with Crippen molar-refractivity contribution in [2.45, 2.75) is 64.0 Å². The molecule has 0 aromatic rings. The molecule has 19 heavy (non-hydrogen) atoms. The van der Waals surface area contributed by atoms with Crippen LogP contribution in [-0.2, 0) is 14.3 Å². The van der Waals surface area contributed by atoms with Crippen LogP contribution in [0.3, 0.4) is 0 Å². The molecule has 2 atom stereocenters. The van der Waals surface area contributed by atoms with Crippen LogP contribution in [0.1, 0.15) is 51.9 Å². The molecular formula is C15H27NO3. The molecule has 0 aromatic heterocycles. The largest absolute Gasteiger partial charge is 0.466 e. The number of carbonyl (C=O) groups excluding carboxylic acids is 1. The second-order valence-corrected chi connectivity index (χ2v) is 5.58. The summed E-state index contributed by atoms with van der Waals surface area (Å²) in [5.41, 5.74) is 0. The monoisotopic (exact) mass is 269 g/mol. The second kappa shape index (κ2) is 7.85. The minimum atomic E-state index is -0.0766. The summed E-state index contributed by atoms with van der Waals surface area (Å²) in [6.07, 6.45) is 8.03. The van der Waals surface area contributed by atoms with Crippen LogP contribution in [0.4, 0.5) is 0 Å². The second-order valence-electron chi connectivity index (χ2n) is 5.58. The smallest absolute Gasteiger partial charge is 0.307 e. The molecule has 0 N–H and O–H groups in total. The first-order valence-electron chi connectivity index (χ1n) is 7.82. The zero-order chi connectivity index (χ0) is 13.5. The van der Waals surface area contributed by atoms with E-state index < -0.39 is 0 Å². The van der Waals surface area contributed by atoms with Gasteiger partial charge in [-0.2, -0.15) is 0 Å². The SMILES string of the molecule is CCOC(=O)CC(C1CCCO1)N1CCCCCC1. The summed E-state index contributed by atoms with van der Waals surface area (Å²) >= 11 is 0. The van der Waals surface area contributed by atoms with Gasteiger partial charge in [-0.25, -0.2) is 0 Å². The molecule has 0 aliphatic carbocycles. The minimum Gasteiger partial charge on any atom is -0.466 e. The van der Waals surface area contributed by atoms with E-state index in [-0.39, 0.29) is 18.1 Å². The van der Waals surface area contributed by atoms with Gasteiger partial charge in [0.25, 0.3) is 0 Å². The van der Waals surface area contributed by atoms with Crippen molar-refractivity contribution in [3.8, 4) is 0 Å². The number of esters is 1. The number of hydrogen-bond acceptors (Lipinski definition) is 4. The zero-order valence-electron chi connectivity index (χ0n) is 12.1. The molecule has 2 aliphatic heterocycles. The van der Waals surface area contributed by atoms with E-state index in [4.69, 9.17) is 9.47 Å². The highest BCUT2D eigenvalue weighted by atomic mass is 16.5. The predicted octanol–water partition coefficient (Wildman–Crippen LogP) is 2.36. The van der Waals surface area contributed by atoms with Crippen molar-refractivity contribution in [2.24, 2.45) is 0 Å². The summed E-state index contributed by atoms with van der Waals surface area (Å²) < 4.78 is 11.0. The fourth-order valence-corrected chi connectivity index (χ4v) is 3.22. The number of ether oxygens (including phenoxy) is 2. The molecule has 110 valence electrons. The van der Waals surface area contributed by atoms with Gasteiger partial charge in [-0.15, -0.1) is 0 Å². The molecule has 0 radical (unpaired) electrons. The molecule has 2 unspecified atom stereocenters. The number of likely N-dealkylation sites (tertiary alicyclic amines) is 1. The maximum Gasteiger partial charge on any atom is 0.307 e. The molecule has 2 rings (SSSR count). The van der Waals surface area contributed by atoms with Crippen molar-refractivity contribution in [2.75, 3.05) is 26.3 Å². The van der Waals surface area contributed by atoms with Crippen LogP contribution in [0.5, 0.6) is 0 Å². The highest BCUT2D eigenvalue weighted by Crippen LogP contribution is 2.25. The predicted molar refractivity (Wildman–Crippen MR) is 74.1 cm³/mol. The van der Waals surface area contributed by atoms with Gasteiger partial charge in [-0.1, -0.05) is 12.8 Å². The van der Waals surface area contributed by atoms with Gasteiger partial charge >= 0.3 is 5.97 Å².